The molecule has 0 bridgehead atoms. The van der Waals surface area contributed by atoms with Crippen LogP contribution in [0.15, 0.2) is 152 Å². The Balaban J connectivity index is 1.38. The van der Waals surface area contributed by atoms with Crippen molar-refractivity contribution in [1.29, 1.82) is 0 Å². The molecule has 5 heteroatoms. The fourth-order valence-electron chi connectivity index (χ4n) is 7.04. The van der Waals surface area contributed by atoms with Crippen molar-refractivity contribution < 1.29 is 0 Å². The standard InChI is InChI=1S/C41H25N5/c1-3-13-26(14-4-1)34-24-39(44-40(42-34)27-15-5-2-6-16-27)45-35-21-11-9-18-29(35)32-23-31-28-17-7-8-19-30(28)41-43-33-20-10-12-22-36(33)46(41)38(31)25-37(32)45/h1-25H. The second-order valence-electron chi connectivity index (χ2n) is 11.7. The maximum atomic E-state index is 5.24. The molecule has 6 aromatic carbocycles. The molecule has 46 heavy (non-hydrogen) atoms. The summed E-state index contributed by atoms with van der Waals surface area (Å²) in [5.41, 5.74) is 9.24. The first-order valence-electron chi connectivity index (χ1n) is 15.5. The third-order valence-electron chi connectivity index (χ3n) is 9.09. The molecule has 4 aromatic heterocycles. The van der Waals surface area contributed by atoms with Gasteiger partial charge in [0.2, 0.25) is 0 Å². The number of aromatic nitrogens is 5. The highest BCUT2D eigenvalue weighted by molar-refractivity contribution is 6.20. The lowest BCUT2D eigenvalue weighted by Crippen LogP contribution is -2.02. The summed E-state index contributed by atoms with van der Waals surface area (Å²) in [5.74, 6) is 1.52. The number of pyridine rings is 1. The van der Waals surface area contributed by atoms with E-state index in [-0.39, 0.29) is 0 Å². The molecule has 0 aliphatic heterocycles. The lowest BCUT2D eigenvalue weighted by atomic mass is 10.0. The van der Waals surface area contributed by atoms with E-state index in [1.807, 2.05) is 24.3 Å². The van der Waals surface area contributed by atoms with Crippen molar-refractivity contribution >= 4 is 60.2 Å². The van der Waals surface area contributed by atoms with Crippen LogP contribution in [-0.2, 0) is 0 Å². The van der Waals surface area contributed by atoms with Crippen LogP contribution in [0.1, 0.15) is 0 Å². The average molecular weight is 588 g/mol. The topological polar surface area (TPSA) is 48.0 Å². The summed E-state index contributed by atoms with van der Waals surface area (Å²) in [6.07, 6.45) is 0. The summed E-state index contributed by atoms with van der Waals surface area (Å²) >= 11 is 0. The molecule has 10 rings (SSSR count). The molecular weight excluding hydrogens is 562 g/mol. The Kier molecular flexibility index (Phi) is 5.22. The summed E-state index contributed by atoms with van der Waals surface area (Å²) < 4.78 is 4.62. The van der Waals surface area contributed by atoms with Crippen molar-refractivity contribution in [2.75, 3.05) is 0 Å². The molecule has 214 valence electrons. The van der Waals surface area contributed by atoms with Crippen LogP contribution in [0.4, 0.5) is 0 Å². The van der Waals surface area contributed by atoms with Crippen LogP contribution in [0.5, 0.6) is 0 Å². The third-order valence-corrected chi connectivity index (χ3v) is 9.09. The highest BCUT2D eigenvalue weighted by atomic mass is 15.1. The van der Waals surface area contributed by atoms with Crippen molar-refractivity contribution in [3.8, 4) is 28.5 Å². The van der Waals surface area contributed by atoms with Gasteiger partial charge in [-0.05, 0) is 35.7 Å². The largest absolute Gasteiger partial charge is 0.294 e. The second-order valence-corrected chi connectivity index (χ2v) is 11.7. The van der Waals surface area contributed by atoms with Crippen LogP contribution in [0.2, 0.25) is 0 Å². The SMILES string of the molecule is c1ccc(-c2cc(-n3c4ccccc4c4cc5c6ccccc6c6nc7ccccc7n6c5cc43)nc(-c3ccccc3)n2)cc1. The van der Waals surface area contributed by atoms with Gasteiger partial charge in [-0.1, -0.05) is 115 Å². The summed E-state index contributed by atoms with van der Waals surface area (Å²) in [6, 6.07) is 53.0. The Morgan fingerprint density at radius 3 is 1.83 bits per heavy atom. The number of hydrogen-bond donors (Lipinski definition) is 0. The zero-order chi connectivity index (χ0) is 30.2. The van der Waals surface area contributed by atoms with Gasteiger partial charge < -0.3 is 0 Å². The fraction of sp³-hybridized carbons (Fsp3) is 0. The van der Waals surface area contributed by atoms with Crippen molar-refractivity contribution in [1.82, 2.24) is 23.9 Å². The Morgan fingerprint density at radius 1 is 0.391 bits per heavy atom. The van der Waals surface area contributed by atoms with Gasteiger partial charge in [0.15, 0.2) is 5.82 Å². The normalized spacial score (nSPS) is 11.9. The number of benzene rings is 6. The summed E-state index contributed by atoms with van der Waals surface area (Å²) in [4.78, 5) is 15.4. The van der Waals surface area contributed by atoms with E-state index in [0.717, 1.165) is 61.3 Å². The molecule has 0 aliphatic rings. The summed E-state index contributed by atoms with van der Waals surface area (Å²) in [7, 11) is 0. The minimum absolute atomic E-state index is 0.692. The molecule has 0 saturated heterocycles. The van der Waals surface area contributed by atoms with Gasteiger partial charge in [0.05, 0.1) is 33.3 Å². The zero-order valence-corrected chi connectivity index (χ0v) is 24.7. The predicted octanol–water partition coefficient (Wildman–Crippen LogP) is 10.0. The molecule has 0 atom stereocenters. The molecule has 0 aliphatic carbocycles. The Labute approximate surface area is 263 Å². The molecule has 0 radical (unpaired) electrons. The molecule has 0 fully saturated rings. The Hall–Kier alpha value is -6.33. The molecular formula is C41H25N5. The van der Waals surface area contributed by atoms with Crippen molar-refractivity contribution in [2.45, 2.75) is 0 Å². The van der Waals surface area contributed by atoms with Gasteiger partial charge in [0.1, 0.15) is 11.5 Å². The van der Waals surface area contributed by atoms with Gasteiger partial charge >= 0.3 is 0 Å². The van der Waals surface area contributed by atoms with Gasteiger partial charge in [-0.15, -0.1) is 0 Å². The number of fused-ring (bicyclic) bond motifs is 11. The monoisotopic (exact) mass is 587 g/mol. The summed E-state index contributed by atoms with van der Waals surface area (Å²) in [6.45, 7) is 0. The van der Waals surface area contributed by atoms with E-state index in [0.29, 0.717) is 5.82 Å². The van der Waals surface area contributed by atoms with Crippen molar-refractivity contribution in [2.24, 2.45) is 0 Å². The minimum Gasteiger partial charge on any atom is -0.294 e. The van der Waals surface area contributed by atoms with E-state index >= 15 is 0 Å². The van der Waals surface area contributed by atoms with Gasteiger partial charge in [-0.3, -0.25) is 8.97 Å². The number of imidazole rings is 1. The second kappa shape index (κ2) is 9.58. The summed E-state index contributed by atoms with van der Waals surface area (Å²) in [5, 5.41) is 5.89. The Morgan fingerprint density at radius 2 is 1.02 bits per heavy atom. The van der Waals surface area contributed by atoms with E-state index in [9.17, 15) is 0 Å². The van der Waals surface area contributed by atoms with E-state index in [1.165, 1.54) is 21.5 Å². The number of nitrogens with zero attached hydrogens (tertiary/aromatic N) is 5. The maximum absolute atomic E-state index is 5.24. The number of para-hydroxylation sites is 3. The van der Waals surface area contributed by atoms with Gasteiger partial charge in [0, 0.05) is 38.7 Å². The van der Waals surface area contributed by atoms with Gasteiger partial charge in [-0.2, -0.15) is 0 Å². The van der Waals surface area contributed by atoms with Crippen LogP contribution < -0.4 is 0 Å². The molecule has 0 amide bonds. The van der Waals surface area contributed by atoms with Gasteiger partial charge in [0.25, 0.3) is 0 Å². The third kappa shape index (κ3) is 3.60. The van der Waals surface area contributed by atoms with E-state index in [4.69, 9.17) is 15.0 Å². The molecule has 10 aromatic rings. The highest BCUT2D eigenvalue weighted by Gasteiger charge is 2.20. The minimum atomic E-state index is 0.692. The maximum Gasteiger partial charge on any atom is 0.162 e. The van der Waals surface area contributed by atoms with Crippen LogP contribution in [0, 0.1) is 0 Å². The number of hydrogen-bond acceptors (Lipinski definition) is 3. The van der Waals surface area contributed by atoms with Crippen LogP contribution >= 0.6 is 0 Å². The van der Waals surface area contributed by atoms with Gasteiger partial charge in [-0.25, -0.2) is 15.0 Å². The lowest BCUT2D eigenvalue weighted by molar-refractivity contribution is 1.05. The van der Waals surface area contributed by atoms with Crippen molar-refractivity contribution in [3.63, 3.8) is 0 Å². The quantitative estimate of drug-likeness (QED) is 0.193. The molecule has 0 spiro atoms. The lowest BCUT2D eigenvalue weighted by Gasteiger charge is -2.13. The zero-order valence-electron chi connectivity index (χ0n) is 24.7. The fourth-order valence-corrected chi connectivity index (χ4v) is 7.04. The van der Waals surface area contributed by atoms with E-state index in [1.54, 1.807) is 0 Å². The molecule has 5 nitrogen and oxygen atoms in total. The average Bonchev–Trinajstić information content (AvgIpc) is 3.68. The number of rotatable bonds is 3. The smallest absolute Gasteiger partial charge is 0.162 e. The molecule has 0 saturated carbocycles. The molecule has 0 N–H and O–H groups in total. The van der Waals surface area contributed by atoms with Crippen LogP contribution in [0.25, 0.3) is 88.6 Å². The first-order valence-corrected chi connectivity index (χ1v) is 15.5. The first kappa shape index (κ1) is 25.0. The predicted molar refractivity (Wildman–Crippen MR) is 189 cm³/mol. The molecule has 4 heterocycles. The first-order chi connectivity index (χ1) is 22.8. The van der Waals surface area contributed by atoms with E-state index in [2.05, 4.69) is 136 Å². The highest BCUT2D eigenvalue weighted by Crippen LogP contribution is 2.39. The van der Waals surface area contributed by atoms with E-state index < -0.39 is 0 Å². The Bertz CT molecular complexity index is 2740. The van der Waals surface area contributed by atoms with Crippen molar-refractivity contribution in [3.05, 3.63) is 152 Å². The van der Waals surface area contributed by atoms with Crippen LogP contribution in [-0.4, -0.2) is 23.9 Å². The molecule has 0 unspecified atom stereocenters. The van der Waals surface area contributed by atoms with Crippen LogP contribution in [0.3, 0.4) is 0 Å².